The minimum Gasteiger partial charge on any atom is -0.477 e. The van der Waals surface area contributed by atoms with E-state index in [1.54, 1.807) is 0 Å². The molecule has 2 aromatic carbocycles. The molecule has 136 valence electrons. The lowest BCUT2D eigenvalue weighted by Crippen LogP contribution is -2.45. The fraction of sp³-hybridized carbons (Fsp3) is 0.381. The van der Waals surface area contributed by atoms with Crippen LogP contribution < -0.4 is 0 Å². The average Bonchev–Trinajstić information content (AvgIpc) is 2.87. The Kier molecular flexibility index (Phi) is 4.51. The van der Waals surface area contributed by atoms with E-state index in [1.165, 1.54) is 0 Å². The van der Waals surface area contributed by atoms with Gasteiger partial charge in [0.25, 0.3) is 0 Å². The second kappa shape index (κ2) is 6.69. The maximum absolute atomic E-state index is 6.59. The summed E-state index contributed by atoms with van der Waals surface area (Å²) < 4.78 is 12.6. The van der Waals surface area contributed by atoms with Crippen molar-refractivity contribution in [3.05, 3.63) is 64.7 Å². The Morgan fingerprint density at radius 1 is 1.23 bits per heavy atom. The molecule has 0 aromatic heterocycles. The van der Waals surface area contributed by atoms with E-state index in [0.29, 0.717) is 17.5 Å². The monoisotopic (exact) mass is 370 g/mol. The van der Waals surface area contributed by atoms with E-state index in [1.807, 2.05) is 50.2 Å². The molecule has 0 bridgehead atoms. The minimum absolute atomic E-state index is 0.0645. The van der Waals surface area contributed by atoms with Crippen molar-refractivity contribution in [2.45, 2.75) is 38.7 Å². The van der Waals surface area contributed by atoms with Gasteiger partial charge in [-0.3, -0.25) is 4.90 Å². The first-order valence-corrected chi connectivity index (χ1v) is 9.39. The highest BCUT2D eigenvalue weighted by Crippen LogP contribution is 2.48. The largest absolute Gasteiger partial charge is 0.477 e. The number of ether oxygens (including phenoxy) is 2. The van der Waals surface area contributed by atoms with Gasteiger partial charge in [-0.15, -0.1) is 0 Å². The van der Waals surface area contributed by atoms with Gasteiger partial charge < -0.3 is 9.47 Å². The number of benzene rings is 2. The van der Waals surface area contributed by atoms with Crippen molar-refractivity contribution in [3.8, 4) is 0 Å². The summed E-state index contributed by atoms with van der Waals surface area (Å²) in [6, 6.07) is 16.1. The Balaban J connectivity index is 1.95. The Bertz CT molecular complexity index is 837. The van der Waals surface area contributed by atoms with Crippen LogP contribution in [0.4, 0.5) is 5.69 Å². The van der Waals surface area contributed by atoms with Crippen LogP contribution in [0.5, 0.6) is 0 Å². The quantitative estimate of drug-likeness (QED) is 0.766. The highest BCUT2D eigenvalue weighted by Gasteiger charge is 2.51. The van der Waals surface area contributed by atoms with E-state index in [4.69, 9.17) is 26.1 Å². The maximum Gasteiger partial charge on any atom is 0.203 e. The van der Waals surface area contributed by atoms with Gasteiger partial charge in [0.05, 0.1) is 24.4 Å². The number of halogens is 1. The third kappa shape index (κ3) is 2.92. The van der Waals surface area contributed by atoms with Gasteiger partial charge in [-0.05, 0) is 39.0 Å². The molecular weight excluding hydrogens is 348 g/mol. The molecule has 0 aliphatic carbocycles. The minimum atomic E-state index is -0.716. The number of hydrogen-bond donors (Lipinski definition) is 0. The summed E-state index contributed by atoms with van der Waals surface area (Å²) >= 11 is 6.37. The van der Waals surface area contributed by atoms with Crippen molar-refractivity contribution in [1.82, 2.24) is 4.90 Å². The van der Waals surface area contributed by atoms with E-state index >= 15 is 0 Å². The number of nitrogens with zero attached hydrogens (tertiary/aromatic N) is 2. The fourth-order valence-corrected chi connectivity index (χ4v) is 4.04. The SMILES string of the molecule is CC(C)OC1=Nc2ccc(Cl)cc2C2(c3ccccc3)OC(C)CN2C1. The van der Waals surface area contributed by atoms with Crippen LogP contribution in [0.15, 0.2) is 53.5 Å². The maximum atomic E-state index is 6.59. The zero-order valence-corrected chi connectivity index (χ0v) is 16.0. The van der Waals surface area contributed by atoms with Crippen LogP contribution in [0.1, 0.15) is 31.9 Å². The molecule has 0 spiro atoms. The summed E-state index contributed by atoms with van der Waals surface area (Å²) in [7, 11) is 0. The molecule has 4 rings (SSSR count). The summed E-state index contributed by atoms with van der Waals surface area (Å²) in [6.45, 7) is 7.52. The van der Waals surface area contributed by atoms with E-state index < -0.39 is 5.72 Å². The molecular formula is C21H23ClN2O2. The molecule has 1 saturated heterocycles. The molecule has 2 heterocycles. The van der Waals surface area contributed by atoms with Gasteiger partial charge in [-0.2, -0.15) is 0 Å². The highest BCUT2D eigenvalue weighted by atomic mass is 35.5. The molecule has 0 saturated carbocycles. The van der Waals surface area contributed by atoms with Crippen LogP contribution in [0.3, 0.4) is 0 Å². The van der Waals surface area contributed by atoms with E-state index in [0.717, 1.165) is 23.4 Å². The molecule has 1 fully saturated rings. The van der Waals surface area contributed by atoms with Gasteiger partial charge >= 0.3 is 0 Å². The van der Waals surface area contributed by atoms with Crippen LogP contribution in [-0.2, 0) is 15.2 Å². The second-order valence-electron chi connectivity index (χ2n) is 7.15. The van der Waals surface area contributed by atoms with Gasteiger partial charge in [0.15, 0.2) is 5.72 Å². The third-order valence-corrected chi connectivity index (χ3v) is 4.96. The smallest absolute Gasteiger partial charge is 0.203 e. The molecule has 2 aliphatic heterocycles. The molecule has 2 atom stereocenters. The van der Waals surface area contributed by atoms with Crippen LogP contribution in [0, 0.1) is 0 Å². The predicted molar refractivity (Wildman–Crippen MR) is 104 cm³/mol. The van der Waals surface area contributed by atoms with Crippen molar-refractivity contribution in [2.24, 2.45) is 4.99 Å². The second-order valence-corrected chi connectivity index (χ2v) is 7.59. The molecule has 2 unspecified atom stereocenters. The number of hydrogen-bond acceptors (Lipinski definition) is 4. The summed E-state index contributed by atoms with van der Waals surface area (Å²) in [5.41, 5.74) is 2.16. The van der Waals surface area contributed by atoms with Crippen molar-refractivity contribution in [1.29, 1.82) is 0 Å². The van der Waals surface area contributed by atoms with E-state index in [2.05, 4.69) is 24.0 Å². The summed E-state index contributed by atoms with van der Waals surface area (Å²) in [4.78, 5) is 7.11. The zero-order valence-electron chi connectivity index (χ0n) is 15.3. The molecule has 0 amide bonds. The van der Waals surface area contributed by atoms with Crippen molar-refractivity contribution < 1.29 is 9.47 Å². The number of aliphatic imine (C=N–C) groups is 1. The summed E-state index contributed by atoms with van der Waals surface area (Å²) in [5.74, 6) is 0.707. The highest BCUT2D eigenvalue weighted by molar-refractivity contribution is 6.30. The molecule has 5 heteroatoms. The lowest BCUT2D eigenvalue weighted by atomic mass is 9.92. The first-order chi connectivity index (χ1) is 12.5. The average molecular weight is 371 g/mol. The normalized spacial score (nSPS) is 25.4. The summed E-state index contributed by atoms with van der Waals surface area (Å²) in [6.07, 6.45) is 0.148. The molecule has 2 aliphatic rings. The Hall–Kier alpha value is -1.88. The van der Waals surface area contributed by atoms with Crippen molar-refractivity contribution in [2.75, 3.05) is 13.1 Å². The number of fused-ring (bicyclic) bond motifs is 3. The standard InChI is InChI=1S/C21H23ClN2O2/c1-14(2)25-20-13-24-12-15(3)26-21(24,16-7-5-4-6-8-16)18-11-17(22)9-10-19(18)23-20/h4-11,14-15H,12-13H2,1-3H3. The first-order valence-electron chi connectivity index (χ1n) is 9.01. The first kappa shape index (κ1) is 17.5. The lowest BCUT2D eigenvalue weighted by Gasteiger charge is -2.37. The fourth-order valence-electron chi connectivity index (χ4n) is 3.87. The summed E-state index contributed by atoms with van der Waals surface area (Å²) in [5, 5.41) is 0.672. The predicted octanol–water partition coefficient (Wildman–Crippen LogP) is 4.73. The van der Waals surface area contributed by atoms with Crippen LogP contribution in [-0.4, -0.2) is 36.1 Å². The van der Waals surface area contributed by atoms with Gasteiger partial charge in [0, 0.05) is 22.7 Å². The van der Waals surface area contributed by atoms with Crippen LogP contribution in [0.2, 0.25) is 5.02 Å². The third-order valence-electron chi connectivity index (χ3n) is 4.73. The van der Waals surface area contributed by atoms with Crippen molar-refractivity contribution >= 4 is 23.2 Å². The molecule has 4 nitrogen and oxygen atoms in total. The van der Waals surface area contributed by atoms with Gasteiger partial charge in [-0.1, -0.05) is 41.9 Å². The lowest BCUT2D eigenvalue weighted by molar-refractivity contribution is -0.0688. The van der Waals surface area contributed by atoms with Gasteiger partial charge in [0.2, 0.25) is 5.90 Å². The Labute approximate surface area is 159 Å². The van der Waals surface area contributed by atoms with E-state index in [-0.39, 0.29) is 12.2 Å². The van der Waals surface area contributed by atoms with Crippen molar-refractivity contribution in [3.63, 3.8) is 0 Å². The Morgan fingerprint density at radius 2 is 2.00 bits per heavy atom. The van der Waals surface area contributed by atoms with E-state index in [9.17, 15) is 0 Å². The Morgan fingerprint density at radius 3 is 2.73 bits per heavy atom. The number of rotatable bonds is 2. The van der Waals surface area contributed by atoms with Crippen LogP contribution in [0.25, 0.3) is 0 Å². The molecule has 0 N–H and O–H groups in total. The molecule has 0 radical (unpaired) electrons. The van der Waals surface area contributed by atoms with Gasteiger partial charge in [-0.25, -0.2) is 4.99 Å². The molecule has 26 heavy (non-hydrogen) atoms. The van der Waals surface area contributed by atoms with Crippen LogP contribution >= 0.6 is 11.6 Å². The topological polar surface area (TPSA) is 34.1 Å². The zero-order chi connectivity index (χ0) is 18.3. The molecule has 2 aromatic rings. The van der Waals surface area contributed by atoms with Gasteiger partial charge in [0.1, 0.15) is 0 Å².